The van der Waals surface area contributed by atoms with E-state index in [4.69, 9.17) is 4.74 Å². The molecule has 146 valence electrons. The summed E-state index contributed by atoms with van der Waals surface area (Å²) in [6, 6.07) is 8.81. The maximum absolute atomic E-state index is 13.1. The summed E-state index contributed by atoms with van der Waals surface area (Å²) in [6.45, 7) is 7.08. The SMILES string of the molecule is COc1ccc(NC(=O)CN(C)S(=O)(=O)c2c(C)c(C)cc(C)c2C)cc1. The minimum atomic E-state index is -3.79. The number of benzene rings is 2. The van der Waals surface area contributed by atoms with Crippen LogP contribution >= 0.6 is 0 Å². The van der Waals surface area contributed by atoms with Crippen molar-refractivity contribution >= 4 is 21.6 Å². The van der Waals surface area contributed by atoms with E-state index in [2.05, 4.69) is 5.32 Å². The maximum Gasteiger partial charge on any atom is 0.243 e. The highest BCUT2D eigenvalue weighted by atomic mass is 32.2. The molecule has 0 saturated heterocycles. The van der Waals surface area contributed by atoms with Gasteiger partial charge in [-0.3, -0.25) is 4.79 Å². The summed E-state index contributed by atoms with van der Waals surface area (Å²) in [7, 11) is -0.815. The molecule has 2 rings (SSSR count). The summed E-state index contributed by atoms with van der Waals surface area (Å²) in [4.78, 5) is 12.6. The van der Waals surface area contributed by atoms with Crippen molar-refractivity contribution in [3.8, 4) is 5.75 Å². The van der Waals surface area contributed by atoms with Gasteiger partial charge < -0.3 is 10.1 Å². The van der Waals surface area contributed by atoms with Crippen LogP contribution in [-0.2, 0) is 14.8 Å². The average molecular weight is 391 g/mol. The van der Waals surface area contributed by atoms with E-state index in [9.17, 15) is 13.2 Å². The molecular formula is C20H26N2O4S. The Morgan fingerprint density at radius 1 is 1.04 bits per heavy atom. The Labute approximate surface area is 161 Å². The fourth-order valence-electron chi connectivity index (χ4n) is 2.89. The van der Waals surface area contributed by atoms with Gasteiger partial charge in [-0.25, -0.2) is 8.42 Å². The van der Waals surface area contributed by atoms with Crippen LogP contribution in [0.4, 0.5) is 5.69 Å². The van der Waals surface area contributed by atoms with Gasteiger partial charge in [-0.05, 0) is 74.2 Å². The Balaban J connectivity index is 2.21. The Morgan fingerprint density at radius 3 is 2.04 bits per heavy atom. The smallest absolute Gasteiger partial charge is 0.243 e. The minimum Gasteiger partial charge on any atom is -0.497 e. The number of anilines is 1. The van der Waals surface area contributed by atoms with Gasteiger partial charge >= 0.3 is 0 Å². The van der Waals surface area contributed by atoms with Crippen LogP contribution < -0.4 is 10.1 Å². The number of methoxy groups -OCH3 is 1. The molecule has 2 aromatic rings. The molecule has 0 fully saturated rings. The van der Waals surface area contributed by atoms with E-state index in [1.165, 1.54) is 7.05 Å². The van der Waals surface area contributed by atoms with E-state index in [1.54, 1.807) is 45.2 Å². The first-order valence-electron chi connectivity index (χ1n) is 8.55. The summed E-state index contributed by atoms with van der Waals surface area (Å²) in [5, 5.41) is 2.70. The van der Waals surface area contributed by atoms with E-state index in [0.717, 1.165) is 15.4 Å². The number of sulfonamides is 1. The molecule has 7 heteroatoms. The Morgan fingerprint density at radius 2 is 1.56 bits per heavy atom. The standard InChI is InChI=1S/C20H26N2O4S/c1-13-11-14(2)16(4)20(15(13)3)27(24,25)22(5)12-19(23)21-17-7-9-18(26-6)10-8-17/h7-11H,12H2,1-6H3,(H,21,23). The van der Waals surface area contributed by atoms with Crippen molar-refractivity contribution in [1.29, 1.82) is 0 Å². The van der Waals surface area contributed by atoms with Crippen LogP contribution in [0.1, 0.15) is 22.3 Å². The number of hydrogen-bond donors (Lipinski definition) is 1. The van der Waals surface area contributed by atoms with Gasteiger partial charge in [-0.1, -0.05) is 6.07 Å². The van der Waals surface area contributed by atoms with Crippen LogP contribution in [0.15, 0.2) is 35.2 Å². The highest BCUT2D eigenvalue weighted by Gasteiger charge is 2.28. The van der Waals surface area contributed by atoms with Crippen LogP contribution in [0.25, 0.3) is 0 Å². The second kappa shape index (κ2) is 8.10. The maximum atomic E-state index is 13.1. The number of aryl methyl sites for hydroxylation is 2. The second-order valence-corrected chi connectivity index (χ2v) is 8.61. The van der Waals surface area contributed by atoms with E-state index in [0.29, 0.717) is 22.6 Å². The second-order valence-electron chi connectivity index (χ2n) is 6.63. The molecule has 0 aliphatic heterocycles. The third kappa shape index (κ3) is 4.48. The minimum absolute atomic E-state index is 0.278. The van der Waals surface area contributed by atoms with Crippen molar-refractivity contribution in [3.05, 3.63) is 52.6 Å². The zero-order valence-corrected chi connectivity index (χ0v) is 17.4. The van der Waals surface area contributed by atoms with Crippen LogP contribution in [0.3, 0.4) is 0 Å². The molecular weight excluding hydrogens is 364 g/mol. The summed E-state index contributed by atoms with van der Waals surface area (Å²) in [5.74, 6) is 0.263. The Bertz CT molecular complexity index is 925. The largest absolute Gasteiger partial charge is 0.497 e. The van der Waals surface area contributed by atoms with Crippen molar-refractivity contribution in [3.63, 3.8) is 0 Å². The first kappa shape index (κ1) is 20.9. The van der Waals surface area contributed by atoms with Gasteiger partial charge in [0.25, 0.3) is 0 Å². The molecule has 27 heavy (non-hydrogen) atoms. The molecule has 0 unspecified atom stereocenters. The van der Waals surface area contributed by atoms with E-state index in [1.807, 2.05) is 19.9 Å². The number of carbonyl (C=O) groups is 1. The third-order valence-corrected chi connectivity index (χ3v) is 6.78. The Hall–Kier alpha value is -2.38. The zero-order valence-electron chi connectivity index (χ0n) is 16.6. The van der Waals surface area contributed by atoms with Crippen LogP contribution in [-0.4, -0.2) is 39.3 Å². The summed E-state index contributed by atoms with van der Waals surface area (Å²) < 4.78 is 32.3. The molecule has 0 heterocycles. The summed E-state index contributed by atoms with van der Waals surface area (Å²) in [5.41, 5.74) is 3.81. The molecule has 1 N–H and O–H groups in total. The van der Waals surface area contributed by atoms with Gasteiger partial charge in [0.1, 0.15) is 5.75 Å². The number of likely N-dealkylation sites (N-methyl/N-ethyl adjacent to an activating group) is 1. The molecule has 0 aromatic heterocycles. The van der Waals surface area contributed by atoms with Gasteiger partial charge in [0.2, 0.25) is 15.9 Å². The van der Waals surface area contributed by atoms with Gasteiger partial charge in [0.15, 0.2) is 0 Å². The lowest BCUT2D eigenvalue weighted by molar-refractivity contribution is -0.116. The predicted octanol–water partition coefficient (Wildman–Crippen LogP) is 3.19. The van der Waals surface area contributed by atoms with Gasteiger partial charge in [0, 0.05) is 12.7 Å². The molecule has 0 spiro atoms. The lowest BCUT2D eigenvalue weighted by Gasteiger charge is -2.21. The van der Waals surface area contributed by atoms with Gasteiger partial charge in [-0.15, -0.1) is 0 Å². The molecule has 6 nitrogen and oxygen atoms in total. The molecule has 2 aromatic carbocycles. The first-order chi connectivity index (χ1) is 12.6. The van der Waals surface area contributed by atoms with Crippen molar-refractivity contribution in [2.45, 2.75) is 32.6 Å². The molecule has 0 aliphatic carbocycles. The van der Waals surface area contributed by atoms with Gasteiger partial charge in [-0.2, -0.15) is 4.31 Å². The van der Waals surface area contributed by atoms with Crippen molar-refractivity contribution < 1.29 is 17.9 Å². The third-order valence-electron chi connectivity index (χ3n) is 4.71. The zero-order chi connectivity index (χ0) is 20.4. The van der Waals surface area contributed by atoms with Crippen molar-refractivity contribution in [2.24, 2.45) is 0 Å². The van der Waals surface area contributed by atoms with E-state index >= 15 is 0 Å². The monoisotopic (exact) mass is 390 g/mol. The molecule has 0 radical (unpaired) electrons. The topological polar surface area (TPSA) is 75.7 Å². The normalized spacial score (nSPS) is 11.5. The number of nitrogens with zero attached hydrogens (tertiary/aromatic N) is 1. The van der Waals surface area contributed by atoms with Crippen molar-refractivity contribution in [1.82, 2.24) is 4.31 Å². The van der Waals surface area contributed by atoms with Gasteiger partial charge in [0.05, 0.1) is 18.6 Å². The quantitative estimate of drug-likeness (QED) is 0.822. The fraction of sp³-hybridized carbons (Fsp3) is 0.350. The first-order valence-corrected chi connectivity index (χ1v) is 9.99. The molecule has 0 bridgehead atoms. The summed E-state index contributed by atoms with van der Waals surface area (Å²) >= 11 is 0. The number of hydrogen-bond acceptors (Lipinski definition) is 4. The molecule has 0 aliphatic rings. The molecule has 1 amide bonds. The van der Waals surface area contributed by atoms with Crippen LogP contribution in [0.5, 0.6) is 5.75 Å². The number of nitrogens with one attached hydrogen (secondary N) is 1. The fourth-order valence-corrected chi connectivity index (χ4v) is 4.58. The lowest BCUT2D eigenvalue weighted by atomic mass is 10.0. The lowest BCUT2D eigenvalue weighted by Crippen LogP contribution is -2.35. The van der Waals surface area contributed by atoms with Crippen LogP contribution in [0, 0.1) is 27.7 Å². The number of ether oxygens (including phenoxy) is 1. The number of carbonyl (C=O) groups excluding carboxylic acids is 1. The number of rotatable bonds is 6. The highest BCUT2D eigenvalue weighted by molar-refractivity contribution is 7.89. The predicted molar refractivity (Wildman–Crippen MR) is 107 cm³/mol. The molecule has 0 saturated carbocycles. The van der Waals surface area contributed by atoms with E-state index in [-0.39, 0.29) is 11.4 Å². The van der Waals surface area contributed by atoms with Crippen molar-refractivity contribution in [2.75, 3.05) is 26.0 Å². The van der Waals surface area contributed by atoms with Crippen LogP contribution in [0.2, 0.25) is 0 Å². The Kier molecular flexibility index (Phi) is 6.28. The average Bonchev–Trinajstić information content (AvgIpc) is 2.60. The molecule has 0 atom stereocenters. The number of amides is 1. The summed E-state index contributed by atoms with van der Waals surface area (Å²) in [6.07, 6.45) is 0. The van der Waals surface area contributed by atoms with E-state index < -0.39 is 15.9 Å². The highest BCUT2D eigenvalue weighted by Crippen LogP contribution is 2.28.